The highest BCUT2D eigenvalue weighted by Gasteiger charge is 2.17. The molecule has 0 aliphatic carbocycles. The number of oxime groups is 1. The molecule has 0 saturated carbocycles. The van der Waals surface area contributed by atoms with E-state index in [0.717, 1.165) is 25.1 Å². The van der Waals surface area contributed by atoms with Gasteiger partial charge in [-0.1, -0.05) is 23.4 Å². The lowest BCUT2D eigenvalue weighted by atomic mass is 10.1. The molecular formula is C16H18N4O. The van der Waals surface area contributed by atoms with Gasteiger partial charge in [-0.25, -0.2) is 0 Å². The van der Waals surface area contributed by atoms with Gasteiger partial charge in [-0.2, -0.15) is 0 Å². The molecular weight excluding hydrogens is 264 g/mol. The van der Waals surface area contributed by atoms with E-state index in [-0.39, 0.29) is 5.84 Å². The van der Waals surface area contributed by atoms with Crippen molar-refractivity contribution in [2.45, 2.75) is 19.3 Å². The van der Waals surface area contributed by atoms with Crippen LogP contribution in [-0.2, 0) is 6.42 Å². The number of benzene rings is 1. The minimum absolute atomic E-state index is 0.0277. The predicted octanol–water partition coefficient (Wildman–Crippen LogP) is 2.65. The molecule has 5 nitrogen and oxygen atoms in total. The smallest absolute Gasteiger partial charge is 0.188 e. The van der Waals surface area contributed by atoms with Gasteiger partial charge >= 0.3 is 0 Å². The first-order valence-electron chi connectivity index (χ1n) is 7.09. The zero-order chi connectivity index (χ0) is 14.7. The van der Waals surface area contributed by atoms with Crippen LogP contribution in [0.3, 0.4) is 0 Å². The second-order valence-electron chi connectivity index (χ2n) is 5.12. The molecule has 5 heteroatoms. The van der Waals surface area contributed by atoms with Gasteiger partial charge in [0.2, 0.25) is 0 Å². The average molecular weight is 282 g/mol. The lowest BCUT2D eigenvalue weighted by Gasteiger charge is -2.25. The molecule has 1 aromatic carbocycles. The molecule has 1 aromatic heterocycles. The molecule has 0 amide bonds. The Morgan fingerprint density at radius 3 is 2.95 bits per heavy atom. The Hall–Kier alpha value is -2.56. The zero-order valence-electron chi connectivity index (χ0n) is 11.7. The summed E-state index contributed by atoms with van der Waals surface area (Å²) in [5.74, 6) is 0.0277. The second-order valence-corrected chi connectivity index (χ2v) is 5.12. The van der Waals surface area contributed by atoms with Crippen molar-refractivity contribution in [1.29, 1.82) is 0 Å². The van der Waals surface area contributed by atoms with Crippen molar-refractivity contribution < 1.29 is 5.21 Å². The van der Waals surface area contributed by atoms with Crippen LogP contribution < -0.4 is 10.6 Å². The number of fused-ring (bicyclic) bond motifs is 1. The van der Waals surface area contributed by atoms with Gasteiger partial charge in [0.1, 0.15) is 5.69 Å². The van der Waals surface area contributed by atoms with Crippen molar-refractivity contribution in [3.63, 3.8) is 0 Å². The molecule has 0 saturated heterocycles. The SMILES string of the molecule is NC(=NO)c1cc(N2CCCCc3ccccc32)ccn1. The Bertz CT molecular complexity index is 669. The second kappa shape index (κ2) is 5.83. The minimum atomic E-state index is 0.0277. The summed E-state index contributed by atoms with van der Waals surface area (Å²) in [5.41, 5.74) is 9.72. The van der Waals surface area contributed by atoms with E-state index < -0.39 is 0 Å². The van der Waals surface area contributed by atoms with E-state index in [1.54, 1.807) is 6.20 Å². The van der Waals surface area contributed by atoms with Crippen molar-refractivity contribution in [1.82, 2.24) is 4.98 Å². The Kier molecular flexibility index (Phi) is 3.73. The van der Waals surface area contributed by atoms with Crippen LogP contribution in [-0.4, -0.2) is 22.6 Å². The first-order valence-corrected chi connectivity index (χ1v) is 7.09. The maximum absolute atomic E-state index is 8.80. The number of para-hydroxylation sites is 1. The highest BCUT2D eigenvalue weighted by molar-refractivity contribution is 5.96. The molecule has 108 valence electrons. The summed E-state index contributed by atoms with van der Waals surface area (Å²) in [7, 11) is 0. The summed E-state index contributed by atoms with van der Waals surface area (Å²) >= 11 is 0. The highest BCUT2D eigenvalue weighted by atomic mass is 16.4. The van der Waals surface area contributed by atoms with Crippen LogP contribution in [0.1, 0.15) is 24.1 Å². The summed E-state index contributed by atoms with van der Waals surface area (Å²) < 4.78 is 0. The fourth-order valence-corrected chi connectivity index (χ4v) is 2.74. The highest BCUT2D eigenvalue weighted by Crippen LogP contribution is 2.32. The fourth-order valence-electron chi connectivity index (χ4n) is 2.74. The van der Waals surface area contributed by atoms with Gasteiger partial charge < -0.3 is 15.8 Å². The van der Waals surface area contributed by atoms with Gasteiger partial charge in [0.25, 0.3) is 0 Å². The van der Waals surface area contributed by atoms with Gasteiger partial charge in [0.05, 0.1) is 0 Å². The number of hydrogen-bond donors (Lipinski definition) is 2. The molecule has 3 rings (SSSR count). The largest absolute Gasteiger partial charge is 0.409 e. The molecule has 0 spiro atoms. The number of aryl methyl sites for hydroxylation is 1. The molecule has 0 radical (unpaired) electrons. The number of aromatic nitrogens is 1. The van der Waals surface area contributed by atoms with Crippen LogP contribution >= 0.6 is 0 Å². The molecule has 0 atom stereocenters. The van der Waals surface area contributed by atoms with Crippen LogP contribution in [0.25, 0.3) is 0 Å². The van der Waals surface area contributed by atoms with Crippen molar-refractivity contribution in [2.24, 2.45) is 10.9 Å². The van der Waals surface area contributed by atoms with Gasteiger partial charge in [-0.3, -0.25) is 4.98 Å². The summed E-state index contributed by atoms with van der Waals surface area (Å²) in [6.45, 7) is 0.955. The number of pyridine rings is 1. The molecule has 1 aliphatic rings. The van der Waals surface area contributed by atoms with Crippen molar-refractivity contribution in [3.05, 3.63) is 53.9 Å². The molecule has 0 fully saturated rings. The molecule has 3 N–H and O–H groups in total. The average Bonchev–Trinajstić information content (AvgIpc) is 2.76. The van der Waals surface area contributed by atoms with E-state index in [0.29, 0.717) is 5.69 Å². The van der Waals surface area contributed by atoms with Gasteiger partial charge in [0.15, 0.2) is 5.84 Å². The molecule has 2 aromatic rings. The minimum Gasteiger partial charge on any atom is -0.409 e. The third-order valence-corrected chi connectivity index (χ3v) is 3.79. The van der Waals surface area contributed by atoms with Crippen LogP contribution in [0.5, 0.6) is 0 Å². The molecule has 2 heterocycles. The Morgan fingerprint density at radius 2 is 2.10 bits per heavy atom. The van der Waals surface area contributed by atoms with E-state index in [1.807, 2.05) is 12.1 Å². The summed E-state index contributed by atoms with van der Waals surface area (Å²) in [4.78, 5) is 6.42. The van der Waals surface area contributed by atoms with Crippen LogP contribution in [0, 0.1) is 0 Å². The maximum Gasteiger partial charge on any atom is 0.188 e. The lowest BCUT2D eigenvalue weighted by molar-refractivity contribution is 0.318. The number of nitrogens with zero attached hydrogens (tertiary/aromatic N) is 3. The van der Waals surface area contributed by atoms with Crippen molar-refractivity contribution >= 4 is 17.2 Å². The van der Waals surface area contributed by atoms with E-state index in [9.17, 15) is 0 Å². The van der Waals surface area contributed by atoms with E-state index in [2.05, 4.69) is 39.3 Å². The predicted molar refractivity (Wildman–Crippen MR) is 83.1 cm³/mol. The Morgan fingerprint density at radius 1 is 1.24 bits per heavy atom. The number of rotatable bonds is 2. The number of nitrogens with two attached hydrogens (primary N) is 1. The fraction of sp³-hybridized carbons (Fsp3) is 0.250. The monoisotopic (exact) mass is 282 g/mol. The molecule has 1 aliphatic heterocycles. The first kappa shape index (κ1) is 13.4. The summed E-state index contributed by atoms with van der Waals surface area (Å²) in [6.07, 6.45) is 5.11. The van der Waals surface area contributed by atoms with Gasteiger partial charge in [0, 0.05) is 24.1 Å². The summed E-state index contributed by atoms with van der Waals surface area (Å²) in [6, 6.07) is 12.3. The third kappa shape index (κ3) is 2.67. The molecule has 0 bridgehead atoms. The van der Waals surface area contributed by atoms with E-state index in [1.165, 1.54) is 17.7 Å². The zero-order valence-corrected chi connectivity index (χ0v) is 11.7. The maximum atomic E-state index is 8.80. The standard InChI is InChI=1S/C16H18N4O/c17-16(19-21)14-11-13(8-9-18-14)20-10-4-3-6-12-5-1-2-7-15(12)20/h1-2,5,7-9,11,21H,3-4,6,10H2,(H2,17,19). The quantitative estimate of drug-likeness (QED) is 0.384. The molecule has 21 heavy (non-hydrogen) atoms. The van der Waals surface area contributed by atoms with Crippen LogP contribution in [0.2, 0.25) is 0 Å². The van der Waals surface area contributed by atoms with E-state index in [4.69, 9.17) is 10.9 Å². The number of anilines is 2. The molecule has 0 unspecified atom stereocenters. The lowest BCUT2D eigenvalue weighted by Crippen LogP contribution is -2.20. The number of hydrogen-bond acceptors (Lipinski definition) is 4. The van der Waals surface area contributed by atoms with E-state index >= 15 is 0 Å². The number of amidine groups is 1. The first-order chi connectivity index (χ1) is 10.3. The third-order valence-electron chi connectivity index (χ3n) is 3.79. The van der Waals surface area contributed by atoms with Crippen LogP contribution in [0.4, 0.5) is 11.4 Å². The van der Waals surface area contributed by atoms with Crippen LogP contribution in [0.15, 0.2) is 47.8 Å². The normalized spacial score (nSPS) is 15.4. The Balaban J connectivity index is 2.04. The van der Waals surface area contributed by atoms with Crippen molar-refractivity contribution in [2.75, 3.05) is 11.4 Å². The topological polar surface area (TPSA) is 74.7 Å². The summed E-state index contributed by atoms with van der Waals surface area (Å²) in [5, 5.41) is 11.8. The van der Waals surface area contributed by atoms with Crippen molar-refractivity contribution in [3.8, 4) is 0 Å². The van der Waals surface area contributed by atoms with Gasteiger partial charge in [-0.15, -0.1) is 0 Å². The Labute approximate surface area is 123 Å². The van der Waals surface area contributed by atoms with Gasteiger partial charge in [-0.05, 0) is 43.0 Å².